The number of hydrogen-bond donors (Lipinski definition) is 1. The van der Waals surface area contributed by atoms with Gasteiger partial charge >= 0.3 is 10.1 Å². The third-order valence-corrected chi connectivity index (χ3v) is 4.83. The van der Waals surface area contributed by atoms with Gasteiger partial charge in [-0.3, -0.25) is 0 Å². The van der Waals surface area contributed by atoms with Crippen molar-refractivity contribution in [1.29, 1.82) is 0 Å². The molecule has 0 saturated heterocycles. The van der Waals surface area contributed by atoms with E-state index in [4.69, 9.17) is 4.18 Å². The monoisotopic (exact) mass is 390 g/mol. The lowest BCUT2D eigenvalue weighted by Crippen LogP contribution is -2.11. The van der Waals surface area contributed by atoms with Gasteiger partial charge in [0.05, 0.1) is 3.57 Å². The largest absolute Gasteiger partial charge is 0.508 e. The molecule has 0 aliphatic carbocycles. The summed E-state index contributed by atoms with van der Waals surface area (Å²) in [6.07, 6.45) is 0. The van der Waals surface area contributed by atoms with Gasteiger partial charge in [-0.05, 0) is 53.8 Å². The molecule has 0 spiro atoms. The van der Waals surface area contributed by atoms with E-state index in [1.807, 2.05) is 22.6 Å². The van der Waals surface area contributed by atoms with Gasteiger partial charge in [-0.1, -0.05) is 18.2 Å². The Morgan fingerprint density at radius 1 is 1.11 bits per heavy atom. The van der Waals surface area contributed by atoms with Crippen LogP contribution < -0.4 is 4.18 Å². The summed E-state index contributed by atoms with van der Waals surface area (Å²) in [7, 11) is -3.95. The highest BCUT2D eigenvalue weighted by atomic mass is 127. The van der Waals surface area contributed by atoms with Gasteiger partial charge < -0.3 is 9.29 Å². The summed E-state index contributed by atoms with van der Waals surface area (Å²) in [5.41, 5.74) is 0.272. The van der Waals surface area contributed by atoms with Crippen LogP contribution in [0.15, 0.2) is 47.4 Å². The Hall–Kier alpha value is -1.28. The smallest absolute Gasteiger partial charge is 0.339 e. The fourth-order valence-electron chi connectivity index (χ4n) is 1.55. The minimum Gasteiger partial charge on any atom is -0.508 e. The molecule has 0 atom stereocenters. The maximum absolute atomic E-state index is 12.2. The van der Waals surface area contributed by atoms with E-state index >= 15 is 0 Å². The van der Waals surface area contributed by atoms with Gasteiger partial charge in [0.1, 0.15) is 10.6 Å². The van der Waals surface area contributed by atoms with Gasteiger partial charge in [0.2, 0.25) is 0 Å². The minimum absolute atomic E-state index is 0.0350. The lowest BCUT2D eigenvalue weighted by molar-refractivity contribution is 0.462. The van der Waals surface area contributed by atoms with Crippen LogP contribution >= 0.6 is 22.6 Å². The van der Waals surface area contributed by atoms with E-state index in [1.165, 1.54) is 25.1 Å². The van der Waals surface area contributed by atoms with Gasteiger partial charge in [-0.25, -0.2) is 0 Å². The summed E-state index contributed by atoms with van der Waals surface area (Å²) < 4.78 is 30.2. The molecular formula is C13H11IO4S. The number of halogens is 1. The Labute approximate surface area is 125 Å². The molecule has 0 saturated carbocycles. The quantitative estimate of drug-likeness (QED) is 0.647. The van der Waals surface area contributed by atoms with E-state index in [1.54, 1.807) is 24.3 Å². The summed E-state index contributed by atoms with van der Waals surface area (Å²) in [4.78, 5) is -0.0350. The molecule has 0 bridgehead atoms. The summed E-state index contributed by atoms with van der Waals surface area (Å²) in [5, 5.41) is 9.56. The Morgan fingerprint density at radius 2 is 1.79 bits per heavy atom. The zero-order valence-electron chi connectivity index (χ0n) is 10.00. The second kappa shape index (κ2) is 5.38. The molecule has 6 heteroatoms. The van der Waals surface area contributed by atoms with Crippen LogP contribution in [0.4, 0.5) is 0 Å². The van der Waals surface area contributed by atoms with Crippen molar-refractivity contribution in [3.8, 4) is 11.5 Å². The zero-order chi connectivity index (χ0) is 14.0. The van der Waals surface area contributed by atoms with E-state index in [0.29, 0.717) is 3.57 Å². The van der Waals surface area contributed by atoms with Gasteiger partial charge in [-0.15, -0.1) is 0 Å². The molecule has 0 unspecified atom stereocenters. The average molecular weight is 390 g/mol. The van der Waals surface area contributed by atoms with Gasteiger partial charge in [0.15, 0.2) is 5.75 Å². The fraction of sp³-hybridized carbons (Fsp3) is 0.0769. The fourth-order valence-corrected chi connectivity index (χ4v) is 3.39. The van der Waals surface area contributed by atoms with Crippen LogP contribution in [0.1, 0.15) is 5.56 Å². The van der Waals surface area contributed by atoms with Crippen molar-refractivity contribution in [1.82, 2.24) is 0 Å². The predicted octanol–water partition coefficient (Wildman–Crippen LogP) is 3.07. The molecule has 1 N–H and O–H groups in total. The van der Waals surface area contributed by atoms with Crippen LogP contribution in [-0.2, 0) is 10.1 Å². The van der Waals surface area contributed by atoms with Gasteiger partial charge in [0.25, 0.3) is 0 Å². The molecule has 0 aliphatic rings. The first-order valence-electron chi connectivity index (χ1n) is 5.39. The summed E-state index contributed by atoms with van der Waals surface area (Å²) in [5.74, 6) is 0.193. The van der Waals surface area contributed by atoms with Crippen molar-refractivity contribution < 1.29 is 17.7 Å². The molecule has 0 heterocycles. The topological polar surface area (TPSA) is 63.6 Å². The molecule has 2 rings (SSSR count). The third kappa shape index (κ3) is 3.01. The second-order valence-electron chi connectivity index (χ2n) is 3.87. The molecule has 100 valence electrons. The van der Waals surface area contributed by atoms with E-state index in [2.05, 4.69) is 0 Å². The number of rotatable bonds is 3. The van der Waals surface area contributed by atoms with E-state index in [-0.39, 0.29) is 22.0 Å². The van der Waals surface area contributed by atoms with Crippen LogP contribution in [0.3, 0.4) is 0 Å². The Bertz CT molecular complexity index is 710. The molecule has 0 aromatic heterocycles. The maximum atomic E-state index is 12.2. The van der Waals surface area contributed by atoms with Crippen molar-refractivity contribution in [2.45, 2.75) is 11.8 Å². The molecule has 0 fully saturated rings. The number of hydrogen-bond acceptors (Lipinski definition) is 4. The Balaban J connectivity index is 2.44. The van der Waals surface area contributed by atoms with Crippen LogP contribution in [-0.4, -0.2) is 13.5 Å². The molecule has 0 amide bonds. The average Bonchev–Trinajstić information content (AvgIpc) is 2.35. The van der Waals surface area contributed by atoms with Crippen LogP contribution in [0.25, 0.3) is 0 Å². The first-order valence-corrected chi connectivity index (χ1v) is 7.88. The van der Waals surface area contributed by atoms with E-state index < -0.39 is 10.1 Å². The van der Waals surface area contributed by atoms with Crippen LogP contribution in [0, 0.1) is 10.5 Å². The lowest BCUT2D eigenvalue weighted by Gasteiger charge is -2.11. The van der Waals surface area contributed by atoms with Crippen LogP contribution in [0.5, 0.6) is 11.5 Å². The highest BCUT2D eigenvalue weighted by Gasteiger charge is 2.21. The summed E-state index contributed by atoms with van der Waals surface area (Å²) >= 11 is 2.00. The normalized spacial score (nSPS) is 11.3. The molecule has 4 nitrogen and oxygen atoms in total. The minimum atomic E-state index is -3.95. The van der Waals surface area contributed by atoms with Crippen molar-refractivity contribution in [3.63, 3.8) is 0 Å². The standard InChI is InChI=1S/C13H11IO4S/c1-9-11(15)6-4-8-13(9)19(16,17)18-12-7-3-2-5-10(12)14/h2-8,15H,1H3. The third-order valence-electron chi connectivity index (χ3n) is 2.56. The molecule has 0 radical (unpaired) electrons. The van der Waals surface area contributed by atoms with Crippen molar-refractivity contribution in [3.05, 3.63) is 51.6 Å². The summed E-state index contributed by atoms with van der Waals surface area (Å²) in [6.45, 7) is 1.53. The molecule has 2 aromatic carbocycles. The van der Waals surface area contributed by atoms with Gasteiger partial charge in [0, 0.05) is 5.56 Å². The molecule has 2 aromatic rings. The number of para-hydroxylation sites is 1. The van der Waals surface area contributed by atoms with Crippen molar-refractivity contribution in [2.75, 3.05) is 0 Å². The number of benzene rings is 2. The number of phenols is 1. The van der Waals surface area contributed by atoms with E-state index in [9.17, 15) is 13.5 Å². The highest BCUT2D eigenvalue weighted by molar-refractivity contribution is 14.1. The molecular weight excluding hydrogens is 379 g/mol. The van der Waals surface area contributed by atoms with Crippen molar-refractivity contribution >= 4 is 32.7 Å². The Kier molecular flexibility index (Phi) is 4.00. The first kappa shape index (κ1) is 14.1. The molecule has 19 heavy (non-hydrogen) atoms. The first-order chi connectivity index (χ1) is 8.92. The Morgan fingerprint density at radius 3 is 2.47 bits per heavy atom. The maximum Gasteiger partial charge on any atom is 0.339 e. The highest BCUT2D eigenvalue weighted by Crippen LogP contribution is 2.28. The SMILES string of the molecule is Cc1c(O)cccc1S(=O)(=O)Oc1ccccc1I. The number of phenolic OH excluding ortho intramolecular Hbond substituents is 1. The zero-order valence-corrected chi connectivity index (χ0v) is 13.0. The number of aromatic hydroxyl groups is 1. The lowest BCUT2D eigenvalue weighted by atomic mass is 10.2. The van der Waals surface area contributed by atoms with Gasteiger partial charge in [-0.2, -0.15) is 8.42 Å². The second-order valence-corrected chi connectivity index (χ2v) is 6.55. The molecule has 0 aliphatic heterocycles. The van der Waals surface area contributed by atoms with Crippen molar-refractivity contribution in [2.24, 2.45) is 0 Å². The summed E-state index contributed by atoms with van der Waals surface area (Å²) in [6, 6.07) is 11.1. The van der Waals surface area contributed by atoms with E-state index in [0.717, 1.165) is 0 Å². The predicted molar refractivity (Wildman–Crippen MR) is 79.8 cm³/mol. The van der Waals surface area contributed by atoms with Crippen LogP contribution in [0.2, 0.25) is 0 Å².